The van der Waals surface area contributed by atoms with E-state index in [1.165, 1.54) is 5.56 Å². The van der Waals surface area contributed by atoms with Gasteiger partial charge in [0.05, 0.1) is 11.4 Å². The van der Waals surface area contributed by atoms with Gasteiger partial charge >= 0.3 is 0 Å². The lowest BCUT2D eigenvalue weighted by Gasteiger charge is -2.10. The molecular formula is C25H28N2. The lowest BCUT2D eigenvalue weighted by Crippen LogP contribution is -1.98. The number of benzene rings is 2. The largest absolute Gasteiger partial charge is 0.228 e. The summed E-state index contributed by atoms with van der Waals surface area (Å²) in [5.74, 6) is 0.754. The predicted molar refractivity (Wildman–Crippen MR) is 117 cm³/mol. The minimum absolute atomic E-state index is 0.754. The predicted octanol–water partition coefficient (Wildman–Crippen LogP) is 7.12. The van der Waals surface area contributed by atoms with Crippen LogP contribution in [0.2, 0.25) is 0 Å². The summed E-state index contributed by atoms with van der Waals surface area (Å²) in [5.41, 5.74) is 6.30. The van der Waals surface area contributed by atoms with Crippen LogP contribution in [0.5, 0.6) is 0 Å². The van der Waals surface area contributed by atoms with Gasteiger partial charge in [0.1, 0.15) is 0 Å². The molecule has 2 nitrogen and oxygen atoms in total. The molecular weight excluding hydrogens is 328 g/mol. The monoisotopic (exact) mass is 356 g/mol. The SMILES string of the molecule is C/C=C\C(=C/C)c1cc(-c2ccccc2)nc(-c2cccc(C)c2)n1.CC. The highest BCUT2D eigenvalue weighted by Gasteiger charge is 2.10. The summed E-state index contributed by atoms with van der Waals surface area (Å²) in [6, 6.07) is 20.6. The minimum Gasteiger partial charge on any atom is -0.228 e. The fourth-order valence-electron chi connectivity index (χ4n) is 2.77. The van der Waals surface area contributed by atoms with Gasteiger partial charge in [-0.25, -0.2) is 9.97 Å². The molecule has 0 aliphatic rings. The van der Waals surface area contributed by atoms with Crippen LogP contribution in [-0.4, -0.2) is 9.97 Å². The van der Waals surface area contributed by atoms with Crippen LogP contribution in [0.25, 0.3) is 28.2 Å². The molecule has 0 aliphatic carbocycles. The van der Waals surface area contributed by atoms with Crippen molar-refractivity contribution in [3.63, 3.8) is 0 Å². The van der Waals surface area contributed by atoms with Gasteiger partial charge in [-0.15, -0.1) is 0 Å². The van der Waals surface area contributed by atoms with E-state index in [2.05, 4.69) is 55.5 Å². The molecule has 0 amide bonds. The summed E-state index contributed by atoms with van der Waals surface area (Å²) in [7, 11) is 0. The number of aryl methyl sites for hydroxylation is 1. The Morgan fingerprint density at radius 2 is 1.52 bits per heavy atom. The quantitative estimate of drug-likeness (QED) is 0.465. The molecule has 0 N–H and O–H groups in total. The maximum Gasteiger partial charge on any atom is 0.160 e. The van der Waals surface area contributed by atoms with Crippen LogP contribution in [0.1, 0.15) is 39.0 Å². The lowest BCUT2D eigenvalue weighted by atomic mass is 10.1. The summed E-state index contributed by atoms with van der Waals surface area (Å²) in [4.78, 5) is 9.66. The Labute approximate surface area is 163 Å². The van der Waals surface area contributed by atoms with Crippen molar-refractivity contribution in [2.24, 2.45) is 0 Å². The molecule has 1 aromatic heterocycles. The van der Waals surface area contributed by atoms with Crippen molar-refractivity contribution >= 4 is 5.57 Å². The second kappa shape index (κ2) is 10.2. The van der Waals surface area contributed by atoms with E-state index < -0.39 is 0 Å². The van der Waals surface area contributed by atoms with E-state index in [0.717, 1.165) is 33.9 Å². The molecule has 0 aliphatic heterocycles. The highest BCUT2D eigenvalue weighted by molar-refractivity contribution is 5.76. The molecule has 0 atom stereocenters. The smallest absolute Gasteiger partial charge is 0.160 e. The first-order valence-electron chi connectivity index (χ1n) is 9.52. The van der Waals surface area contributed by atoms with E-state index in [1.54, 1.807) is 0 Å². The van der Waals surface area contributed by atoms with Gasteiger partial charge < -0.3 is 0 Å². The molecule has 0 unspecified atom stereocenters. The first-order valence-corrected chi connectivity index (χ1v) is 9.52. The zero-order chi connectivity index (χ0) is 19.6. The van der Waals surface area contributed by atoms with Crippen molar-refractivity contribution < 1.29 is 0 Å². The Balaban J connectivity index is 0.00000126. The fourth-order valence-corrected chi connectivity index (χ4v) is 2.77. The zero-order valence-electron chi connectivity index (χ0n) is 16.9. The fraction of sp³-hybridized carbons (Fsp3) is 0.200. The molecule has 0 saturated carbocycles. The van der Waals surface area contributed by atoms with Gasteiger partial charge in [0.2, 0.25) is 0 Å². The second-order valence-electron chi connectivity index (χ2n) is 5.94. The highest BCUT2D eigenvalue weighted by Crippen LogP contribution is 2.26. The number of rotatable bonds is 4. The molecule has 1 heterocycles. The van der Waals surface area contributed by atoms with E-state index in [9.17, 15) is 0 Å². The van der Waals surface area contributed by atoms with Gasteiger partial charge in [-0.05, 0) is 38.5 Å². The summed E-state index contributed by atoms with van der Waals surface area (Å²) >= 11 is 0. The Kier molecular flexibility index (Phi) is 7.69. The number of hydrogen-bond acceptors (Lipinski definition) is 2. The van der Waals surface area contributed by atoms with Crippen LogP contribution in [0.15, 0.2) is 78.9 Å². The van der Waals surface area contributed by atoms with Gasteiger partial charge in [-0.3, -0.25) is 0 Å². The molecule has 0 radical (unpaired) electrons. The van der Waals surface area contributed by atoms with Crippen LogP contribution >= 0.6 is 0 Å². The average Bonchev–Trinajstić information content (AvgIpc) is 2.74. The summed E-state index contributed by atoms with van der Waals surface area (Å²) in [6.07, 6.45) is 6.19. The Bertz CT molecular complexity index is 922. The van der Waals surface area contributed by atoms with E-state index in [1.807, 2.05) is 58.0 Å². The van der Waals surface area contributed by atoms with E-state index in [4.69, 9.17) is 9.97 Å². The van der Waals surface area contributed by atoms with Crippen LogP contribution in [0, 0.1) is 6.92 Å². The first kappa shape index (κ1) is 20.3. The van der Waals surface area contributed by atoms with Crippen LogP contribution in [0.4, 0.5) is 0 Å². The Morgan fingerprint density at radius 3 is 2.15 bits per heavy atom. The summed E-state index contributed by atoms with van der Waals surface area (Å²) in [5, 5.41) is 0. The van der Waals surface area contributed by atoms with Crippen molar-refractivity contribution in [2.45, 2.75) is 34.6 Å². The number of aromatic nitrogens is 2. The third kappa shape index (κ3) is 5.24. The zero-order valence-corrected chi connectivity index (χ0v) is 16.9. The van der Waals surface area contributed by atoms with Crippen molar-refractivity contribution in [2.75, 3.05) is 0 Å². The van der Waals surface area contributed by atoms with Crippen LogP contribution < -0.4 is 0 Å². The maximum absolute atomic E-state index is 4.83. The number of allylic oxidation sites excluding steroid dienone is 4. The molecule has 138 valence electrons. The first-order chi connectivity index (χ1) is 13.2. The van der Waals surface area contributed by atoms with E-state index >= 15 is 0 Å². The Morgan fingerprint density at radius 1 is 0.815 bits per heavy atom. The van der Waals surface area contributed by atoms with Crippen molar-refractivity contribution in [1.82, 2.24) is 9.97 Å². The third-order valence-electron chi connectivity index (χ3n) is 4.02. The van der Waals surface area contributed by atoms with Gasteiger partial charge in [0.25, 0.3) is 0 Å². The normalized spacial score (nSPS) is 11.2. The average molecular weight is 357 g/mol. The van der Waals surface area contributed by atoms with Crippen molar-refractivity contribution in [3.8, 4) is 22.6 Å². The Hall–Kier alpha value is -3.00. The highest BCUT2D eigenvalue weighted by atomic mass is 14.9. The van der Waals surface area contributed by atoms with E-state index in [0.29, 0.717) is 0 Å². The molecule has 0 spiro atoms. The third-order valence-corrected chi connectivity index (χ3v) is 4.02. The second-order valence-corrected chi connectivity index (χ2v) is 5.94. The van der Waals surface area contributed by atoms with Gasteiger partial charge in [-0.2, -0.15) is 0 Å². The van der Waals surface area contributed by atoms with Crippen LogP contribution in [0.3, 0.4) is 0 Å². The maximum atomic E-state index is 4.83. The number of nitrogens with zero attached hydrogens (tertiary/aromatic N) is 2. The van der Waals surface area contributed by atoms with Crippen molar-refractivity contribution in [3.05, 3.63) is 90.1 Å². The molecule has 0 bridgehead atoms. The van der Waals surface area contributed by atoms with Crippen molar-refractivity contribution in [1.29, 1.82) is 0 Å². The number of hydrogen-bond donors (Lipinski definition) is 0. The molecule has 0 saturated heterocycles. The molecule has 3 aromatic rings. The lowest BCUT2D eigenvalue weighted by molar-refractivity contribution is 1.15. The standard InChI is InChI=1S/C23H22N2.C2H6/c1-4-10-18(5-2)21-16-22(19-12-7-6-8-13-19)25-23(24-21)20-14-9-11-17(3)15-20;1-2/h4-16H,1-3H3;1-2H3/b10-4-,18-5+;. The van der Waals surface area contributed by atoms with Gasteiger partial charge in [-0.1, -0.05) is 86.2 Å². The van der Waals surface area contributed by atoms with Crippen LogP contribution in [-0.2, 0) is 0 Å². The minimum atomic E-state index is 0.754. The summed E-state index contributed by atoms with van der Waals surface area (Å²) in [6.45, 7) is 10.1. The van der Waals surface area contributed by atoms with E-state index in [-0.39, 0.29) is 0 Å². The van der Waals surface area contributed by atoms with Gasteiger partial charge in [0.15, 0.2) is 5.82 Å². The topological polar surface area (TPSA) is 25.8 Å². The molecule has 2 aromatic carbocycles. The molecule has 2 heteroatoms. The summed E-state index contributed by atoms with van der Waals surface area (Å²) < 4.78 is 0. The molecule has 3 rings (SSSR count). The molecule has 27 heavy (non-hydrogen) atoms. The van der Waals surface area contributed by atoms with Gasteiger partial charge in [0, 0.05) is 11.1 Å². The molecule has 0 fully saturated rings.